The van der Waals surface area contributed by atoms with Gasteiger partial charge in [0.2, 0.25) is 5.88 Å². The summed E-state index contributed by atoms with van der Waals surface area (Å²) < 4.78 is 6.99. The molecule has 0 unspecified atom stereocenters. The first-order valence-electron chi connectivity index (χ1n) is 10.7. The summed E-state index contributed by atoms with van der Waals surface area (Å²) in [5, 5.41) is 11.6. The Balaban J connectivity index is 1.86. The molecule has 0 spiro atoms. The van der Waals surface area contributed by atoms with Crippen LogP contribution in [0.2, 0.25) is 0 Å². The maximum absolute atomic E-state index is 11.6. The SMILES string of the molecule is COc1ccc(-n2c(O)c(C(=NCCN)c3ccccc3)c3nc4ccccc4nc32)cc1. The summed E-state index contributed by atoms with van der Waals surface area (Å²) in [5.74, 6) is 0.742. The monoisotopic (exact) mass is 437 g/mol. The summed E-state index contributed by atoms with van der Waals surface area (Å²) in [4.78, 5) is 14.5. The normalized spacial score (nSPS) is 11.9. The Hall–Kier alpha value is -4.23. The van der Waals surface area contributed by atoms with E-state index < -0.39 is 0 Å². The molecule has 3 aromatic carbocycles. The zero-order valence-electron chi connectivity index (χ0n) is 18.1. The first kappa shape index (κ1) is 20.7. The van der Waals surface area contributed by atoms with Gasteiger partial charge in [-0.25, -0.2) is 9.97 Å². The number of methoxy groups -OCH3 is 1. The highest BCUT2D eigenvalue weighted by molar-refractivity contribution is 6.20. The van der Waals surface area contributed by atoms with E-state index in [4.69, 9.17) is 25.4 Å². The Morgan fingerprint density at radius 2 is 1.61 bits per heavy atom. The van der Waals surface area contributed by atoms with Crippen LogP contribution in [0.15, 0.2) is 83.9 Å². The van der Waals surface area contributed by atoms with Gasteiger partial charge in [0.15, 0.2) is 5.65 Å². The van der Waals surface area contributed by atoms with Crippen LogP contribution in [0.5, 0.6) is 11.6 Å². The topological polar surface area (TPSA) is 98.5 Å². The quantitative estimate of drug-likeness (QED) is 0.390. The predicted molar refractivity (Wildman–Crippen MR) is 131 cm³/mol. The largest absolute Gasteiger partial charge is 0.497 e. The van der Waals surface area contributed by atoms with Gasteiger partial charge >= 0.3 is 0 Å². The van der Waals surface area contributed by atoms with Crippen LogP contribution in [-0.4, -0.2) is 45.6 Å². The van der Waals surface area contributed by atoms with E-state index in [1.165, 1.54) is 0 Å². The fourth-order valence-corrected chi connectivity index (χ4v) is 3.91. The number of ether oxygens (including phenoxy) is 1. The van der Waals surface area contributed by atoms with Gasteiger partial charge in [-0.05, 0) is 36.4 Å². The molecule has 0 radical (unpaired) electrons. The molecule has 7 nitrogen and oxygen atoms in total. The second kappa shape index (κ2) is 8.72. The van der Waals surface area contributed by atoms with E-state index in [-0.39, 0.29) is 5.88 Å². The van der Waals surface area contributed by atoms with E-state index in [9.17, 15) is 5.11 Å². The molecule has 7 heteroatoms. The highest BCUT2D eigenvalue weighted by Gasteiger charge is 2.25. The van der Waals surface area contributed by atoms with Crippen molar-refractivity contribution >= 4 is 27.9 Å². The number of aliphatic imine (C=N–C) groups is 1. The van der Waals surface area contributed by atoms with Crippen LogP contribution in [0.25, 0.3) is 27.9 Å². The lowest BCUT2D eigenvalue weighted by Crippen LogP contribution is -2.09. The van der Waals surface area contributed by atoms with Gasteiger partial charge in [-0.15, -0.1) is 0 Å². The molecule has 0 aliphatic carbocycles. The number of nitrogens with two attached hydrogens (primary N) is 1. The van der Waals surface area contributed by atoms with E-state index >= 15 is 0 Å². The summed E-state index contributed by atoms with van der Waals surface area (Å²) in [7, 11) is 1.62. The molecule has 0 bridgehead atoms. The molecule has 0 aliphatic rings. The van der Waals surface area contributed by atoms with Crippen molar-refractivity contribution in [3.05, 3.63) is 90.0 Å². The number of hydrogen-bond acceptors (Lipinski definition) is 6. The minimum absolute atomic E-state index is 0.0186. The molecule has 2 heterocycles. The Bertz CT molecular complexity index is 1460. The molecule has 0 saturated heterocycles. The molecule has 33 heavy (non-hydrogen) atoms. The average Bonchev–Trinajstić information content (AvgIpc) is 3.14. The lowest BCUT2D eigenvalue weighted by Gasteiger charge is -2.09. The number of aromatic nitrogens is 3. The second-order valence-corrected chi connectivity index (χ2v) is 7.50. The number of hydrogen-bond donors (Lipinski definition) is 2. The fraction of sp³-hybridized carbons (Fsp3) is 0.115. The average molecular weight is 438 g/mol. The van der Waals surface area contributed by atoms with E-state index in [2.05, 4.69) is 0 Å². The molecule has 0 saturated carbocycles. The van der Waals surface area contributed by atoms with E-state index in [1.807, 2.05) is 78.9 Å². The summed E-state index contributed by atoms with van der Waals surface area (Å²) in [6.07, 6.45) is 0. The molecule has 164 valence electrons. The Labute approximate surface area is 190 Å². The molecular formula is C26H23N5O2. The van der Waals surface area contributed by atoms with Gasteiger partial charge in [0.1, 0.15) is 11.3 Å². The minimum atomic E-state index is 0.0186. The van der Waals surface area contributed by atoms with Crippen molar-refractivity contribution in [3.8, 4) is 17.3 Å². The Morgan fingerprint density at radius 3 is 2.27 bits per heavy atom. The third kappa shape index (κ3) is 3.68. The molecule has 0 fully saturated rings. The third-order valence-electron chi connectivity index (χ3n) is 5.45. The lowest BCUT2D eigenvalue weighted by molar-refractivity contribution is 0.414. The van der Waals surface area contributed by atoms with Crippen molar-refractivity contribution in [1.82, 2.24) is 14.5 Å². The van der Waals surface area contributed by atoms with Crippen LogP contribution in [0.4, 0.5) is 0 Å². The summed E-state index contributed by atoms with van der Waals surface area (Å²) in [6.45, 7) is 0.808. The first-order chi connectivity index (χ1) is 16.2. The van der Waals surface area contributed by atoms with Gasteiger partial charge in [0, 0.05) is 12.1 Å². The van der Waals surface area contributed by atoms with Gasteiger partial charge in [0.25, 0.3) is 0 Å². The summed E-state index contributed by atoms with van der Waals surface area (Å²) in [5.41, 5.74) is 11.1. The molecule has 2 aromatic heterocycles. The van der Waals surface area contributed by atoms with Crippen molar-refractivity contribution in [1.29, 1.82) is 0 Å². The summed E-state index contributed by atoms with van der Waals surface area (Å²) in [6, 6.07) is 24.8. The van der Waals surface area contributed by atoms with Crippen LogP contribution < -0.4 is 10.5 Å². The third-order valence-corrected chi connectivity index (χ3v) is 5.45. The lowest BCUT2D eigenvalue weighted by atomic mass is 10.0. The molecule has 3 N–H and O–H groups in total. The fourth-order valence-electron chi connectivity index (χ4n) is 3.91. The van der Waals surface area contributed by atoms with Crippen molar-refractivity contribution in [2.75, 3.05) is 20.2 Å². The Morgan fingerprint density at radius 1 is 0.939 bits per heavy atom. The van der Waals surface area contributed by atoms with Crippen LogP contribution in [0.1, 0.15) is 11.1 Å². The molecule has 5 aromatic rings. The van der Waals surface area contributed by atoms with Gasteiger partial charge in [-0.3, -0.25) is 9.56 Å². The minimum Gasteiger partial charge on any atom is -0.497 e. The number of fused-ring (bicyclic) bond motifs is 2. The molecule has 0 aliphatic heterocycles. The predicted octanol–water partition coefficient (Wildman–Crippen LogP) is 4.08. The number of para-hydroxylation sites is 2. The Kier molecular flexibility index (Phi) is 5.46. The van der Waals surface area contributed by atoms with Gasteiger partial charge in [-0.1, -0.05) is 42.5 Å². The molecule has 0 amide bonds. The number of rotatable bonds is 6. The van der Waals surface area contributed by atoms with Crippen molar-refractivity contribution in [2.45, 2.75) is 0 Å². The van der Waals surface area contributed by atoms with Crippen LogP contribution >= 0.6 is 0 Å². The standard InChI is InChI=1S/C26H23N5O2/c1-33-19-13-11-18(12-14-19)31-25-24(29-20-9-5-6-10-21(20)30-25)22(26(31)32)23(28-16-15-27)17-7-3-2-4-8-17/h2-14,32H,15-16,27H2,1H3. The van der Waals surface area contributed by atoms with Gasteiger partial charge in [0.05, 0.1) is 41.7 Å². The van der Waals surface area contributed by atoms with Crippen molar-refractivity contribution < 1.29 is 9.84 Å². The van der Waals surface area contributed by atoms with Gasteiger partial charge < -0.3 is 15.6 Å². The zero-order chi connectivity index (χ0) is 22.8. The van der Waals surface area contributed by atoms with Crippen molar-refractivity contribution in [3.63, 3.8) is 0 Å². The van der Waals surface area contributed by atoms with Crippen LogP contribution in [0, 0.1) is 0 Å². The number of nitrogens with zero attached hydrogens (tertiary/aromatic N) is 4. The maximum atomic E-state index is 11.6. The van der Waals surface area contributed by atoms with E-state index in [0.29, 0.717) is 35.5 Å². The highest BCUT2D eigenvalue weighted by Crippen LogP contribution is 2.35. The second-order valence-electron chi connectivity index (χ2n) is 7.50. The van der Waals surface area contributed by atoms with Crippen LogP contribution in [0.3, 0.4) is 0 Å². The van der Waals surface area contributed by atoms with Crippen molar-refractivity contribution in [2.24, 2.45) is 10.7 Å². The molecule has 5 rings (SSSR count). The molecule has 0 atom stereocenters. The van der Waals surface area contributed by atoms with Crippen LogP contribution in [-0.2, 0) is 0 Å². The smallest absolute Gasteiger partial charge is 0.209 e. The van der Waals surface area contributed by atoms with E-state index in [1.54, 1.807) is 11.7 Å². The van der Waals surface area contributed by atoms with Gasteiger partial charge in [-0.2, -0.15) is 0 Å². The number of benzene rings is 3. The highest BCUT2D eigenvalue weighted by atomic mass is 16.5. The molecular weight excluding hydrogens is 414 g/mol. The summed E-state index contributed by atoms with van der Waals surface area (Å²) >= 11 is 0. The van der Waals surface area contributed by atoms with E-state index in [0.717, 1.165) is 28.0 Å². The first-order valence-corrected chi connectivity index (χ1v) is 10.7. The number of aromatic hydroxyl groups is 1. The zero-order valence-corrected chi connectivity index (χ0v) is 18.1. The maximum Gasteiger partial charge on any atom is 0.209 e.